The second-order valence-electron chi connectivity index (χ2n) is 10.3. The van der Waals surface area contributed by atoms with Crippen LogP contribution in [0.4, 0.5) is 4.79 Å². The van der Waals surface area contributed by atoms with Gasteiger partial charge in [-0.2, -0.15) is 4.31 Å². The summed E-state index contributed by atoms with van der Waals surface area (Å²) < 4.78 is 29.7. The molecule has 1 amide bonds. The summed E-state index contributed by atoms with van der Waals surface area (Å²) in [5, 5.41) is 13.7. The van der Waals surface area contributed by atoms with Gasteiger partial charge in [0.1, 0.15) is 0 Å². The zero-order chi connectivity index (χ0) is 26.7. The molecule has 3 aromatic rings. The molecule has 0 radical (unpaired) electrons. The highest BCUT2D eigenvalue weighted by Crippen LogP contribution is 2.36. The van der Waals surface area contributed by atoms with Crippen molar-refractivity contribution in [3.8, 4) is 0 Å². The fourth-order valence-corrected chi connectivity index (χ4v) is 8.83. The van der Waals surface area contributed by atoms with Crippen LogP contribution in [-0.4, -0.2) is 70.9 Å². The molecular weight excluding hydrogens is 546 g/mol. The average molecular weight is 580 g/mol. The standard InChI is InChI=1S/C21H24ClN5O4S2.C5H10/c22-18-19(27-8-9-32-20(27)24-18)33(30,31)26-12-15-10-25(11-16(15)13-26)7-6-17(23-21(28)29)14-4-2-1-3-5-14;1-2-4-5-3-1/h1-5,8-9,15-17,23H,6-7,10-13H2,(H,28,29);1-5H2/t15-,16?,17?;/m0./s1. The number of nitrogens with zero attached hydrogens (tertiary/aromatic N) is 4. The van der Waals surface area contributed by atoms with Crippen molar-refractivity contribution >= 4 is 44.0 Å². The largest absolute Gasteiger partial charge is 0.465 e. The molecule has 9 nitrogen and oxygen atoms in total. The van der Waals surface area contributed by atoms with Crippen molar-refractivity contribution in [3.05, 3.63) is 52.6 Å². The van der Waals surface area contributed by atoms with Gasteiger partial charge in [-0.25, -0.2) is 18.2 Å². The number of hydrogen-bond donors (Lipinski definition) is 2. The third-order valence-corrected chi connectivity index (χ3v) is 10.8. The van der Waals surface area contributed by atoms with Crippen LogP contribution >= 0.6 is 22.9 Å². The van der Waals surface area contributed by atoms with Crippen LogP contribution < -0.4 is 5.32 Å². The van der Waals surface area contributed by atoms with E-state index in [9.17, 15) is 18.3 Å². The van der Waals surface area contributed by atoms with Gasteiger partial charge in [0.2, 0.25) is 0 Å². The van der Waals surface area contributed by atoms with Crippen molar-refractivity contribution in [3.63, 3.8) is 0 Å². The Balaban J connectivity index is 0.000000529. The molecule has 2 aliphatic heterocycles. The Morgan fingerprint density at radius 3 is 2.32 bits per heavy atom. The number of hydrogen-bond acceptors (Lipinski definition) is 6. The summed E-state index contributed by atoms with van der Waals surface area (Å²) in [4.78, 5) is 18.3. The first-order chi connectivity index (χ1) is 18.3. The van der Waals surface area contributed by atoms with Crippen molar-refractivity contribution in [2.75, 3.05) is 32.7 Å². The molecule has 0 spiro atoms. The maximum absolute atomic E-state index is 13.3. The Morgan fingerprint density at radius 1 is 1.08 bits per heavy atom. The van der Waals surface area contributed by atoms with Crippen LogP contribution in [-0.2, 0) is 10.0 Å². The van der Waals surface area contributed by atoms with Crippen molar-refractivity contribution in [1.29, 1.82) is 0 Å². The van der Waals surface area contributed by atoms with Gasteiger partial charge in [0.25, 0.3) is 10.0 Å². The van der Waals surface area contributed by atoms with E-state index in [1.807, 2.05) is 30.3 Å². The highest BCUT2D eigenvalue weighted by molar-refractivity contribution is 7.89. The number of likely N-dealkylation sites (tertiary alicyclic amines) is 1. The first kappa shape index (κ1) is 27.4. The number of halogens is 1. The molecule has 38 heavy (non-hydrogen) atoms. The summed E-state index contributed by atoms with van der Waals surface area (Å²) in [6.07, 6.45) is 8.79. The molecule has 206 valence electrons. The van der Waals surface area contributed by atoms with Gasteiger partial charge in [-0.3, -0.25) is 4.40 Å². The van der Waals surface area contributed by atoms with Crippen molar-refractivity contribution in [2.24, 2.45) is 11.8 Å². The van der Waals surface area contributed by atoms with E-state index >= 15 is 0 Å². The maximum Gasteiger partial charge on any atom is 0.405 e. The van der Waals surface area contributed by atoms with E-state index in [1.165, 1.54) is 47.7 Å². The molecule has 2 N–H and O–H groups in total. The number of sulfonamides is 1. The lowest BCUT2D eigenvalue weighted by molar-refractivity contribution is 0.187. The van der Waals surface area contributed by atoms with Gasteiger partial charge >= 0.3 is 6.09 Å². The first-order valence-corrected chi connectivity index (χ1v) is 15.9. The minimum absolute atomic E-state index is 0.0124. The number of fused-ring (bicyclic) bond motifs is 2. The zero-order valence-electron chi connectivity index (χ0n) is 21.2. The molecule has 12 heteroatoms. The van der Waals surface area contributed by atoms with Gasteiger partial charge < -0.3 is 15.3 Å². The highest BCUT2D eigenvalue weighted by atomic mass is 35.5. The highest BCUT2D eigenvalue weighted by Gasteiger charge is 2.45. The molecule has 3 aliphatic rings. The Bertz CT molecular complexity index is 1320. The van der Waals surface area contributed by atoms with Crippen molar-refractivity contribution < 1.29 is 18.3 Å². The predicted molar refractivity (Wildman–Crippen MR) is 148 cm³/mol. The van der Waals surface area contributed by atoms with E-state index < -0.39 is 16.1 Å². The SMILES string of the molecule is C1CCCC1.O=C(O)NC(CCN1CC2CN(S(=O)(=O)c3c(Cl)nc4sccn34)C[C@@H]2C1)c1ccccc1. The average Bonchev–Trinajstić information content (AvgIpc) is 3.69. The second-order valence-corrected chi connectivity index (χ2v) is 13.4. The van der Waals surface area contributed by atoms with E-state index in [2.05, 4.69) is 15.2 Å². The third kappa shape index (κ3) is 6.02. The van der Waals surface area contributed by atoms with Crippen molar-refractivity contribution in [2.45, 2.75) is 49.6 Å². The number of rotatable bonds is 7. The minimum atomic E-state index is -3.74. The number of amides is 1. The fraction of sp³-hybridized carbons (Fsp3) is 0.538. The molecule has 1 aromatic carbocycles. The molecule has 6 rings (SSSR count). The van der Waals surface area contributed by atoms with Gasteiger partial charge in [-0.1, -0.05) is 74.0 Å². The van der Waals surface area contributed by atoms with Crippen LogP contribution in [0, 0.1) is 11.8 Å². The number of thiazole rings is 1. The molecule has 1 aliphatic carbocycles. The summed E-state index contributed by atoms with van der Waals surface area (Å²) >= 11 is 7.53. The van der Waals surface area contributed by atoms with E-state index in [0.717, 1.165) is 25.2 Å². The van der Waals surface area contributed by atoms with Crippen LogP contribution in [0.1, 0.15) is 50.1 Å². The van der Waals surface area contributed by atoms with Crippen molar-refractivity contribution in [1.82, 2.24) is 23.9 Å². The number of imidazole rings is 1. The number of carbonyl (C=O) groups is 1. The topological polar surface area (TPSA) is 107 Å². The fourth-order valence-electron chi connectivity index (χ4n) is 5.87. The normalized spacial score (nSPS) is 22.8. The predicted octanol–water partition coefficient (Wildman–Crippen LogP) is 4.95. The van der Waals surface area contributed by atoms with Gasteiger partial charge in [0.15, 0.2) is 15.1 Å². The first-order valence-electron chi connectivity index (χ1n) is 13.2. The Hall–Kier alpha value is -2.18. The smallest absolute Gasteiger partial charge is 0.405 e. The van der Waals surface area contributed by atoms with Crippen LogP contribution in [0.2, 0.25) is 5.15 Å². The monoisotopic (exact) mass is 579 g/mol. The van der Waals surface area contributed by atoms with E-state index in [1.54, 1.807) is 16.0 Å². The van der Waals surface area contributed by atoms with Gasteiger partial charge in [0, 0.05) is 44.3 Å². The molecule has 2 aromatic heterocycles. The lowest BCUT2D eigenvalue weighted by Gasteiger charge is -2.24. The molecule has 2 unspecified atom stereocenters. The maximum atomic E-state index is 13.3. The molecule has 3 atom stereocenters. The van der Waals surface area contributed by atoms with Crippen LogP contribution in [0.15, 0.2) is 46.9 Å². The zero-order valence-corrected chi connectivity index (χ0v) is 23.6. The van der Waals surface area contributed by atoms with E-state index in [-0.39, 0.29) is 28.1 Å². The van der Waals surface area contributed by atoms with Gasteiger partial charge in [-0.15, -0.1) is 11.3 Å². The molecular formula is C26H34ClN5O4S2. The summed E-state index contributed by atoms with van der Waals surface area (Å²) in [6, 6.07) is 9.28. The van der Waals surface area contributed by atoms with Gasteiger partial charge in [-0.05, 0) is 23.8 Å². The Kier molecular flexibility index (Phi) is 8.59. The number of aromatic nitrogens is 2. The summed E-state index contributed by atoms with van der Waals surface area (Å²) in [5.74, 6) is 0.485. The Labute approximate surface area is 232 Å². The second kappa shape index (κ2) is 11.9. The summed E-state index contributed by atoms with van der Waals surface area (Å²) in [7, 11) is -3.74. The number of nitrogens with one attached hydrogen (secondary N) is 1. The molecule has 3 fully saturated rings. The summed E-state index contributed by atoms with van der Waals surface area (Å²) in [6.45, 7) is 3.22. The van der Waals surface area contributed by atoms with Crippen LogP contribution in [0.25, 0.3) is 4.96 Å². The van der Waals surface area contributed by atoms with E-state index in [0.29, 0.717) is 24.5 Å². The van der Waals surface area contributed by atoms with E-state index in [4.69, 9.17) is 11.6 Å². The molecule has 4 heterocycles. The minimum Gasteiger partial charge on any atom is -0.465 e. The quantitative estimate of drug-likeness (QED) is 0.410. The lowest BCUT2D eigenvalue weighted by atomic mass is 10.0. The Morgan fingerprint density at radius 2 is 1.71 bits per heavy atom. The van der Waals surface area contributed by atoms with Crippen LogP contribution in [0.3, 0.4) is 0 Å². The summed E-state index contributed by atoms with van der Waals surface area (Å²) in [5.41, 5.74) is 0.939. The van der Waals surface area contributed by atoms with Gasteiger partial charge in [0.05, 0.1) is 6.04 Å². The molecule has 0 bridgehead atoms. The third-order valence-electron chi connectivity index (χ3n) is 7.77. The molecule has 1 saturated carbocycles. The lowest BCUT2D eigenvalue weighted by Crippen LogP contribution is -2.35. The van der Waals surface area contributed by atoms with Crippen LogP contribution in [0.5, 0.6) is 0 Å². The number of carboxylic acid groups (broad SMARTS) is 1. The number of benzene rings is 1. The molecule has 2 saturated heterocycles.